The molecule has 0 saturated heterocycles. The molecule has 0 aliphatic heterocycles. The number of fused-ring (bicyclic) bond motifs is 1. The summed E-state index contributed by atoms with van der Waals surface area (Å²) < 4.78 is 13.0. The molecule has 0 spiro atoms. The first-order valence-corrected chi connectivity index (χ1v) is 10.2. The van der Waals surface area contributed by atoms with Crippen molar-refractivity contribution in [2.24, 2.45) is 0 Å². The van der Waals surface area contributed by atoms with Crippen LogP contribution in [0.3, 0.4) is 0 Å². The van der Waals surface area contributed by atoms with Crippen LogP contribution in [-0.4, -0.2) is 28.5 Å². The molecule has 31 heavy (non-hydrogen) atoms. The Hall–Kier alpha value is -3.64. The molecule has 6 nitrogen and oxygen atoms in total. The molecule has 4 rings (SSSR count). The standard InChI is InChI=1S/C25H25N3O3/c1-17-9-8-14-28-23(17)26-22(20-11-5-4-6-12-20)24(28)27-25(29)18(2)31-16-19-10-7-13-21(15-19)30-3/h4-15,18H,16H2,1-3H3,(H,27,29). The number of carbonyl (C=O) groups is 1. The van der Waals surface area contributed by atoms with E-state index in [-0.39, 0.29) is 5.91 Å². The van der Waals surface area contributed by atoms with Crippen molar-refractivity contribution in [3.63, 3.8) is 0 Å². The van der Waals surface area contributed by atoms with Crippen molar-refractivity contribution in [1.82, 2.24) is 9.38 Å². The zero-order chi connectivity index (χ0) is 21.8. The normalized spacial score (nSPS) is 12.0. The fourth-order valence-corrected chi connectivity index (χ4v) is 3.40. The second kappa shape index (κ2) is 9.02. The second-order valence-corrected chi connectivity index (χ2v) is 7.35. The highest BCUT2D eigenvalue weighted by Crippen LogP contribution is 2.30. The number of rotatable bonds is 7. The van der Waals surface area contributed by atoms with Gasteiger partial charge in [0.25, 0.3) is 5.91 Å². The van der Waals surface area contributed by atoms with Crippen LogP contribution in [0.15, 0.2) is 72.9 Å². The molecule has 0 saturated carbocycles. The third kappa shape index (κ3) is 4.44. The zero-order valence-corrected chi connectivity index (χ0v) is 17.8. The summed E-state index contributed by atoms with van der Waals surface area (Å²) in [6.45, 7) is 4.05. The number of pyridine rings is 1. The Kier molecular flexibility index (Phi) is 6.00. The predicted molar refractivity (Wildman–Crippen MR) is 121 cm³/mol. The zero-order valence-electron chi connectivity index (χ0n) is 17.8. The minimum atomic E-state index is -0.648. The lowest BCUT2D eigenvalue weighted by atomic mass is 10.1. The van der Waals surface area contributed by atoms with Gasteiger partial charge in [0.1, 0.15) is 29.0 Å². The highest BCUT2D eigenvalue weighted by molar-refractivity contribution is 5.97. The molecule has 0 bridgehead atoms. The maximum Gasteiger partial charge on any atom is 0.254 e. The number of anilines is 1. The minimum absolute atomic E-state index is 0.233. The SMILES string of the molecule is COc1cccc(COC(C)C(=O)Nc2c(-c3ccccc3)nc3c(C)cccn23)c1. The van der Waals surface area contributed by atoms with E-state index in [0.717, 1.165) is 33.8 Å². The van der Waals surface area contributed by atoms with Gasteiger partial charge in [-0.25, -0.2) is 4.98 Å². The van der Waals surface area contributed by atoms with Gasteiger partial charge in [0.2, 0.25) is 0 Å². The van der Waals surface area contributed by atoms with E-state index in [2.05, 4.69) is 5.32 Å². The Balaban J connectivity index is 1.57. The lowest BCUT2D eigenvalue weighted by molar-refractivity contribution is -0.127. The van der Waals surface area contributed by atoms with E-state index < -0.39 is 6.10 Å². The number of aromatic nitrogens is 2. The molecule has 4 aromatic rings. The third-order valence-corrected chi connectivity index (χ3v) is 5.14. The van der Waals surface area contributed by atoms with Crippen molar-refractivity contribution in [3.05, 3.63) is 84.1 Å². The molecule has 0 aliphatic carbocycles. The number of methoxy groups -OCH3 is 1. The highest BCUT2D eigenvalue weighted by atomic mass is 16.5. The van der Waals surface area contributed by atoms with Gasteiger partial charge in [-0.1, -0.05) is 48.5 Å². The molecule has 1 N–H and O–H groups in total. The van der Waals surface area contributed by atoms with Crippen LogP contribution in [0.25, 0.3) is 16.9 Å². The summed E-state index contributed by atoms with van der Waals surface area (Å²) in [7, 11) is 1.62. The number of hydrogen-bond donors (Lipinski definition) is 1. The summed E-state index contributed by atoms with van der Waals surface area (Å²) in [4.78, 5) is 17.8. The maximum atomic E-state index is 13.0. The van der Waals surface area contributed by atoms with Crippen LogP contribution in [0.1, 0.15) is 18.1 Å². The van der Waals surface area contributed by atoms with E-state index in [1.807, 2.05) is 84.3 Å². The summed E-state index contributed by atoms with van der Waals surface area (Å²) in [5.74, 6) is 1.15. The van der Waals surface area contributed by atoms with Gasteiger partial charge in [-0.3, -0.25) is 9.20 Å². The van der Waals surface area contributed by atoms with Crippen LogP contribution >= 0.6 is 0 Å². The fourth-order valence-electron chi connectivity index (χ4n) is 3.40. The van der Waals surface area contributed by atoms with Crippen molar-refractivity contribution in [3.8, 4) is 17.0 Å². The Bertz CT molecular complexity index is 1200. The first-order valence-electron chi connectivity index (χ1n) is 10.2. The van der Waals surface area contributed by atoms with Crippen LogP contribution in [0.4, 0.5) is 5.82 Å². The smallest absolute Gasteiger partial charge is 0.254 e. The van der Waals surface area contributed by atoms with Gasteiger partial charge >= 0.3 is 0 Å². The monoisotopic (exact) mass is 415 g/mol. The molecule has 2 aromatic heterocycles. The molecular weight excluding hydrogens is 390 g/mol. The Morgan fingerprint density at radius 2 is 1.90 bits per heavy atom. The molecular formula is C25H25N3O3. The summed E-state index contributed by atoms with van der Waals surface area (Å²) >= 11 is 0. The van der Waals surface area contributed by atoms with E-state index >= 15 is 0 Å². The number of ether oxygens (including phenoxy) is 2. The summed E-state index contributed by atoms with van der Waals surface area (Å²) in [5, 5.41) is 3.03. The van der Waals surface area contributed by atoms with E-state index in [4.69, 9.17) is 14.5 Å². The molecule has 0 radical (unpaired) electrons. The van der Waals surface area contributed by atoms with E-state index in [1.54, 1.807) is 14.0 Å². The van der Waals surface area contributed by atoms with Gasteiger partial charge in [0.15, 0.2) is 0 Å². The summed E-state index contributed by atoms with van der Waals surface area (Å²) in [6.07, 6.45) is 1.25. The first kappa shape index (κ1) is 20.6. The number of benzene rings is 2. The number of aryl methyl sites for hydroxylation is 1. The molecule has 2 aromatic carbocycles. The Morgan fingerprint density at radius 3 is 2.68 bits per heavy atom. The maximum absolute atomic E-state index is 13.0. The first-order chi connectivity index (χ1) is 15.1. The van der Waals surface area contributed by atoms with E-state index in [1.165, 1.54) is 0 Å². The van der Waals surface area contributed by atoms with Crippen LogP contribution in [0.5, 0.6) is 5.75 Å². The number of hydrogen-bond acceptors (Lipinski definition) is 4. The second-order valence-electron chi connectivity index (χ2n) is 7.35. The lowest BCUT2D eigenvalue weighted by Crippen LogP contribution is -2.28. The number of amides is 1. The molecule has 1 amide bonds. The van der Waals surface area contributed by atoms with Gasteiger partial charge < -0.3 is 14.8 Å². The van der Waals surface area contributed by atoms with E-state index in [0.29, 0.717) is 12.4 Å². The van der Waals surface area contributed by atoms with Crippen molar-refractivity contribution >= 4 is 17.4 Å². The molecule has 6 heteroatoms. The van der Waals surface area contributed by atoms with Crippen LogP contribution in [0, 0.1) is 6.92 Å². The van der Waals surface area contributed by atoms with Crippen LogP contribution in [-0.2, 0) is 16.1 Å². The molecule has 0 aliphatic rings. The van der Waals surface area contributed by atoms with Gasteiger partial charge in [-0.05, 0) is 43.2 Å². The predicted octanol–water partition coefficient (Wildman–Crippen LogP) is 4.86. The topological polar surface area (TPSA) is 64.9 Å². The molecule has 158 valence electrons. The van der Waals surface area contributed by atoms with Gasteiger partial charge in [0.05, 0.1) is 13.7 Å². The summed E-state index contributed by atoms with van der Waals surface area (Å²) in [5.41, 5.74) is 4.44. The van der Waals surface area contributed by atoms with Crippen LogP contribution in [0.2, 0.25) is 0 Å². The number of carbonyl (C=O) groups excluding carboxylic acids is 1. The van der Waals surface area contributed by atoms with Crippen molar-refractivity contribution in [1.29, 1.82) is 0 Å². The highest BCUT2D eigenvalue weighted by Gasteiger charge is 2.21. The Labute approximate surface area is 181 Å². The lowest BCUT2D eigenvalue weighted by Gasteiger charge is -2.15. The minimum Gasteiger partial charge on any atom is -0.497 e. The number of imidazole rings is 1. The van der Waals surface area contributed by atoms with Crippen molar-refractivity contribution in [2.75, 3.05) is 12.4 Å². The average molecular weight is 415 g/mol. The average Bonchev–Trinajstić information content (AvgIpc) is 3.17. The quantitative estimate of drug-likeness (QED) is 0.468. The number of nitrogens with one attached hydrogen (secondary N) is 1. The molecule has 2 heterocycles. The van der Waals surface area contributed by atoms with Crippen molar-refractivity contribution in [2.45, 2.75) is 26.6 Å². The van der Waals surface area contributed by atoms with Gasteiger partial charge in [0, 0.05) is 11.8 Å². The largest absolute Gasteiger partial charge is 0.497 e. The van der Waals surface area contributed by atoms with E-state index in [9.17, 15) is 4.79 Å². The molecule has 1 atom stereocenters. The van der Waals surface area contributed by atoms with Crippen LogP contribution < -0.4 is 10.1 Å². The summed E-state index contributed by atoms with van der Waals surface area (Å²) in [6, 6.07) is 21.4. The Morgan fingerprint density at radius 1 is 1.10 bits per heavy atom. The van der Waals surface area contributed by atoms with Gasteiger partial charge in [-0.2, -0.15) is 0 Å². The van der Waals surface area contributed by atoms with Gasteiger partial charge in [-0.15, -0.1) is 0 Å². The third-order valence-electron chi connectivity index (χ3n) is 5.14. The molecule has 1 unspecified atom stereocenters. The number of nitrogens with zero attached hydrogens (tertiary/aromatic N) is 2. The molecule has 0 fully saturated rings. The van der Waals surface area contributed by atoms with Crippen molar-refractivity contribution < 1.29 is 14.3 Å². The fraction of sp³-hybridized carbons (Fsp3) is 0.200.